The van der Waals surface area contributed by atoms with Crippen LogP contribution in [-0.4, -0.2) is 95.2 Å². The molecule has 1 atom stereocenters. The normalized spacial score (nSPS) is 19.5. The van der Waals surface area contributed by atoms with Gasteiger partial charge < -0.3 is 24.4 Å². The molecule has 2 fully saturated rings. The predicted molar refractivity (Wildman–Crippen MR) is 135 cm³/mol. The maximum Gasteiger partial charge on any atom is 0.193 e. The van der Waals surface area contributed by atoms with Gasteiger partial charge in [0, 0.05) is 60.1 Å². The maximum atomic E-state index is 13.9. The van der Waals surface area contributed by atoms with Crippen molar-refractivity contribution in [2.24, 2.45) is 4.99 Å². The standard InChI is InChI=1S/C23H37FN4O3.HI/c1-25-23(28-9-7-21(8-10-28)31-14-4-13-29-2)26-18-22(27-11-15-30-16-12-27)19-5-3-6-20(24)17-19;/h3,5-6,17,21-22H,4,7-16,18H2,1-2H3,(H,25,26);1H. The summed E-state index contributed by atoms with van der Waals surface area (Å²) in [6.45, 7) is 7.08. The number of methoxy groups -OCH3 is 1. The smallest absolute Gasteiger partial charge is 0.193 e. The molecule has 0 spiro atoms. The summed E-state index contributed by atoms with van der Waals surface area (Å²) in [5.74, 6) is 0.695. The highest BCUT2D eigenvalue weighted by Crippen LogP contribution is 2.22. The van der Waals surface area contributed by atoms with E-state index in [0.717, 1.165) is 70.2 Å². The number of benzene rings is 1. The first-order chi connectivity index (χ1) is 15.2. The monoisotopic (exact) mass is 564 g/mol. The summed E-state index contributed by atoms with van der Waals surface area (Å²) in [5, 5.41) is 3.54. The number of rotatable bonds is 9. The van der Waals surface area contributed by atoms with Crippen LogP contribution in [0.15, 0.2) is 29.3 Å². The van der Waals surface area contributed by atoms with E-state index in [1.54, 1.807) is 19.2 Å². The van der Waals surface area contributed by atoms with Crippen LogP contribution in [0.4, 0.5) is 4.39 Å². The van der Waals surface area contributed by atoms with Gasteiger partial charge in [-0.1, -0.05) is 12.1 Å². The van der Waals surface area contributed by atoms with Crippen molar-refractivity contribution in [3.8, 4) is 0 Å². The summed E-state index contributed by atoms with van der Waals surface area (Å²) in [7, 11) is 3.54. The Kier molecular flexibility index (Phi) is 12.8. The van der Waals surface area contributed by atoms with Gasteiger partial charge in [-0.25, -0.2) is 4.39 Å². The molecule has 182 valence electrons. The van der Waals surface area contributed by atoms with E-state index < -0.39 is 0 Å². The molecule has 1 unspecified atom stereocenters. The third-order valence-corrected chi connectivity index (χ3v) is 5.97. The minimum atomic E-state index is -0.201. The molecule has 2 heterocycles. The minimum Gasteiger partial charge on any atom is -0.385 e. The fraction of sp³-hybridized carbons (Fsp3) is 0.696. The van der Waals surface area contributed by atoms with E-state index in [9.17, 15) is 4.39 Å². The van der Waals surface area contributed by atoms with Crippen LogP contribution in [0, 0.1) is 5.82 Å². The number of aliphatic imine (C=N–C) groups is 1. The number of halogens is 2. The van der Waals surface area contributed by atoms with E-state index >= 15 is 0 Å². The molecule has 2 aliphatic heterocycles. The molecule has 0 bridgehead atoms. The van der Waals surface area contributed by atoms with Gasteiger partial charge in [0.15, 0.2) is 5.96 Å². The Morgan fingerprint density at radius 2 is 1.97 bits per heavy atom. The van der Waals surface area contributed by atoms with E-state index in [4.69, 9.17) is 14.2 Å². The number of ether oxygens (including phenoxy) is 3. The number of hydrogen-bond donors (Lipinski definition) is 1. The van der Waals surface area contributed by atoms with Gasteiger partial charge in [0.1, 0.15) is 5.82 Å². The summed E-state index contributed by atoms with van der Waals surface area (Å²) in [4.78, 5) is 9.16. The molecule has 2 aliphatic rings. The quantitative estimate of drug-likeness (QED) is 0.216. The van der Waals surface area contributed by atoms with Crippen LogP contribution in [0.2, 0.25) is 0 Å². The van der Waals surface area contributed by atoms with Crippen molar-refractivity contribution in [1.29, 1.82) is 0 Å². The SMILES string of the molecule is CN=C(NCC(c1cccc(F)c1)N1CCOCC1)N1CCC(OCCCOC)CC1.I. The van der Waals surface area contributed by atoms with Crippen molar-refractivity contribution in [3.05, 3.63) is 35.6 Å². The molecular formula is C23H38FIN4O3. The molecule has 0 aromatic heterocycles. The van der Waals surface area contributed by atoms with Crippen molar-refractivity contribution < 1.29 is 18.6 Å². The van der Waals surface area contributed by atoms with Crippen LogP contribution in [0.5, 0.6) is 0 Å². The molecule has 1 N–H and O–H groups in total. The van der Waals surface area contributed by atoms with E-state index in [1.165, 1.54) is 6.07 Å². The molecule has 0 aliphatic carbocycles. The highest BCUT2D eigenvalue weighted by Gasteiger charge is 2.26. The summed E-state index contributed by atoms with van der Waals surface area (Å²) < 4.78 is 30.5. The van der Waals surface area contributed by atoms with E-state index in [2.05, 4.69) is 20.1 Å². The Balaban J connectivity index is 0.00000363. The summed E-state index contributed by atoms with van der Waals surface area (Å²) in [6, 6.07) is 6.98. The second-order valence-electron chi connectivity index (χ2n) is 8.05. The van der Waals surface area contributed by atoms with E-state index in [-0.39, 0.29) is 35.8 Å². The van der Waals surface area contributed by atoms with Crippen LogP contribution >= 0.6 is 24.0 Å². The lowest BCUT2D eigenvalue weighted by Crippen LogP contribution is -2.50. The zero-order valence-electron chi connectivity index (χ0n) is 19.3. The largest absolute Gasteiger partial charge is 0.385 e. The highest BCUT2D eigenvalue weighted by atomic mass is 127. The minimum absolute atomic E-state index is 0. The lowest BCUT2D eigenvalue weighted by molar-refractivity contribution is 0.00928. The van der Waals surface area contributed by atoms with Gasteiger partial charge >= 0.3 is 0 Å². The molecule has 0 saturated carbocycles. The fourth-order valence-corrected chi connectivity index (χ4v) is 4.27. The van der Waals surface area contributed by atoms with E-state index in [0.29, 0.717) is 25.9 Å². The number of guanidine groups is 1. The number of morpholine rings is 1. The average Bonchev–Trinajstić information content (AvgIpc) is 2.81. The van der Waals surface area contributed by atoms with Crippen LogP contribution < -0.4 is 5.32 Å². The summed E-state index contributed by atoms with van der Waals surface area (Å²) in [6.07, 6.45) is 3.22. The number of nitrogens with zero attached hydrogens (tertiary/aromatic N) is 3. The fourth-order valence-electron chi connectivity index (χ4n) is 4.27. The lowest BCUT2D eigenvalue weighted by Gasteiger charge is -2.37. The Morgan fingerprint density at radius 3 is 2.62 bits per heavy atom. The first kappa shape index (κ1) is 27.2. The summed E-state index contributed by atoms with van der Waals surface area (Å²) in [5.41, 5.74) is 0.980. The molecule has 1 aromatic carbocycles. The Hall–Kier alpha value is -1.01. The molecule has 2 saturated heterocycles. The van der Waals surface area contributed by atoms with Gasteiger partial charge in [0.05, 0.1) is 25.4 Å². The van der Waals surface area contributed by atoms with E-state index in [1.807, 2.05) is 13.1 Å². The molecule has 32 heavy (non-hydrogen) atoms. The zero-order chi connectivity index (χ0) is 21.9. The van der Waals surface area contributed by atoms with Gasteiger partial charge in [-0.15, -0.1) is 24.0 Å². The molecule has 7 nitrogen and oxygen atoms in total. The summed E-state index contributed by atoms with van der Waals surface area (Å²) >= 11 is 0. The third-order valence-electron chi connectivity index (χ3n) is 5.97. The molecule has 3 rings (SSSR count). The molecular weight excluding hydrogens is 526 g/mol. The molecule has 0 amide bonds. The lowest BCUT2D eigenvalue weighted by atomic mass is 10.0. The van der Waals surface area contributed by atoms with Gasteiger partial charge in [-0.3, -0.25) is 9.89 Å². The van der Waals surface area contributed by atoms with Gasteiger partial charge in [0.2, 0.25) is 0 Å². The number of likely N-dealkylation sites (tertiary alicyclic amines) is 1. The Bertz CT molecular complexity index is 683. The van der Waals surface area contributed by atoms with Crippen LogP contribution in [-0.2, 0) is 14.2 Å². The zero-order valence-corrected chi connectivity index (χ0v) is 21.6. The van der Waals surface area contributed by atoms with Crippen molar-refractivity contribution in [2.45, 2.75) is 31.4 Å². The van der Waals surface area contributed by atoms with Crippen molar-refractivity contribution in [1.82, 2.24) is 15.1 Å². The first-order valence-corrected chi connectivity index (χ1v) is 11.3. The van der Waals surface area contributed by atoms with Crippen molar-refractivity contribution in [3.63, 3.8) is 0 Å². The third kappa shape index (κ3) is 8.40. The van der Waals surface area contributed by atoms with Crippen molar-refractivity contribution in [2.75, 3.05) is 73.3 Å². The van der Waals surface area contributed by atoms with Crippen molar-refractivity contribution >= 4 is 29.9 Å². The molecule has 9 heteroatoms. The van der Waals surface area contributed by atoms with Crippen LogP contribution in [0.1, 0.15) is 30.9 Å². The average molecular weight is 564 g/mol. The Labute approximate surface area is 208 Å². The predicted octanol–water partition coefficient (Wildman–Crippen LogP) is 2.91. The maximum absolute atomic E-state index is 13.9. The molecule has 0 radical (unpaired) electrons. The van der Waals surface area contributed by atoms with Gasteiger partial charge in [0.25, 0.3) is 0 Å². The molecule has 1 aromatic rings. The number of piperidine rings is 1. The Morgan fingerprint density at radius 1 is 1.22 bits per heavy atom. The second kappa shape index (κ2) is 15.0. The second-order valence-corrected chi connectivity index (χ2v) is 8.05. The number of hydrogen-bond acceptors (Lipinski definition) is 5. The first-order valence-electron chi connectivity index (χ1n) is 11.3. The topological polar surface area (TPSA) is 58.6 Å². The van der Waals surface area contributed by atoms with Crippen LogP contribution in [0.3, 0.4) is 0 Å². The van der Waals surface area contributed by atoms with Gasteiger partial charge in [-0.05, 0) is 37.0 Å². The van der Waals surface area contributed by atoms with Gasteiger partial charge in [-0.2, -0.15) is 0 Å². The highest BCUT2D eigenvalue weighted by molar-refractivity contribution is 14.0. The van der Waals surface area contributed by atoms with Crippen LogP contribution in [0.25, 0.3) is 0 Å². The number of nitrogens with one attached hydrogen (secondary N) is 1.